The average molecular weight is 586 g/mol. The molecule has 6 heteroatoms. The van der Waals surface area contributed by atoms with E-state index in [-0.39, 0.29) is 0 Å². The van der Waals surface area contributed by atoms with Crippen molar-refractivity contribution in [1.82, 2.24) is 19.9 Å². The lowest BCUT2D eigenvalue weighted by molar-refractivity contribution is 0.339. The van der Waals surface area contributed by atoms with Gasteiger partial charge >= 0.3 is 0 Å². The number of unbranched alkanes of at least 4 members (excludes halogenated alkanes) is 2. The van der Waals surface area contributed by atoms with E-state index in [2.05, 4.69) is 63.3 Å². The van der Waals surface area contributed by atoms with Crippen LogP contribution in [-0.4, -0.2) is 19.9 Å². The normalized spacial score (nSPS) is 14.2. The van der Waals surface area contributed by atoms with Gasteiger partial charge in [0.1, 0.15) is 11.3 Å². The van der Waals surface area contributed by atoms with Crippen molar-refractivity contribution in [3.8, 4) is 0 Å². The lowest BCUT2D eigenvalue weighted by Crippen LogP contribution is -2.07. The number of fused-ring (bicyclic) bond motifs is 6. The minimum atomic E-state index is 0.766. The SMILES string of the molecule is CCCCCc1ccc2[nH]c3nccc(Cl)c3c2c1.Clc1ccnc2[nH]c3ccc(CCC4CCCCC4)cc3c12. The molecule has 4 aromatic heterocycles. The number of rotatable bonds is 7. The number of aromatic nitrogens is 4. The molecule has 0 atom stereocenters. The molecule has 2 N–H and O–H groups in total. The minimum absolute atomic E-state index is 0.766. The Labute approximate surface area is 251 Å². The first-order valence-corrected chi connectivity index (χ1v) is 16.0. The van der Waals surface area contributed by atoms with Gasteiger partial charge in [0.2, 0.25) is 0 Å². The van der Waals surface area contributed by atoms with Crippen molar-refractivity contribution in [2.75, 3.05) is 0 Å². The summed E-state index contributed by atoms with van der Waals surface area (Å²) in [5.41, 5.74) is 6.77. The van der Waals surface area contributed by atoms with Crippen LogP contribution < -0.4 is 0 Å². The summed E-state index contributed by atoms with van der Waals surface area (Å²) in [4.78, 5) is 15.4. The first kappa shape index (κ1) is 28.1. The first-order valence-electron chi connectivity index (χ1n) is 15.2. The van der Waals surface area contributed by atoms with Crippen LogP contribution in [0.1, 0.15) is 75.8 Å². The first-order chi connectivity index (χ1) is 20.1. The predicted octanol–water partition coefficient (Wildman–Crippen LogP) is 11.0. The van der Waals surface area contributed by atoms with Crippen molar-refractivity contribution in [3.05, 3.63) is 82.1 Å². The van der Waals surface area contributed by atoms with Gasteiger partial charge in [-0.15, -0.1) is 0 Å². The van der Waals surface area contributed by atoms with Crippen molar-refractivity contribution in [1.29, 1.82) is 0 Å². The molecule has 0 spiro atoms. The fourth-order valence-corrected chi connectivity index (χ4v) is 6.88. The second-order valence-electron chi connectivity index (χ2n) is 11.5. The van der Waals surface area contributed by atoms with E-state index in [4.69, 9.17) is 23.2 Å². The molecule has 0 radical (unpaired) electrons. The maximum atomic E-state index is 6.37. The largest absolute Gasteiger partial charge is 0.339 e. The van der Waals surface area contributed by atoms with E-state index < -0.39 is 0 Å². The molecule has 0 saturated heterocycles. The maximum absolute atomic E-state index is 6.37. The van der Waals surface area contributed by atoms with Crippen LogP contribution in [-0.2, 0) is 12.8 Å². The van der Waals surface area contributed by atoms with Crippen LogP contribution in [0.15, 0.2) is 60.9 Å². The van der Waals surface area contributed by atoms with Gasteiger partial charge in [-0.2, -0.15) is 0 Å². The van der Waals surface area contributed by atoms with Crippen LogP contribution in [0.25, 0.3) is 43.9 Å². The molecule has 1 saturated carbocycles. The average Bonchev–Trinajstić information content (AvgIpc) is 3.56. The van der Waals surface area contributed by atoms with Crippen LogP contribution in [0.2, 0.25) is 10.0 Å². The maximum Gasteiger partial charge on any atom is 0.139 e. The Balaban J connectivity index is 0.000000149. The molecular formula is C35H38Cl2N4. The standard InChI is InChI=1S/C19H21ClN2.C16H17ClN2/c20-16-10-11-21-19-18(16)15-12-14(8-9-17(15)22-19)7-6-13-4-2-1-3-5-13;1-2-3-4-5-11-6-7-14-12(10-11)15-13(17)8-9-18-16(15)19-14/h8-13H,1-7H2,(H,21,22);6-10H,2-5H2,1H3,(H,18,19). The lowest BCUT2D eigenvalue weighted by Gasteiger charge is -2.21. The van der Waals surface area contributed by atoms with Gasteiger partial charge in [0.15, 0.2) is 0 Å². The van der Waals surface area contributed by atoms with Crippen molar-refractivity contribution in [3.63, 3.8) is 0 Å². The van der Waals surface area contributed by atoms with Gasteiger partial charge in [0.05, 0.1) is 10.0 Å². The van der Waals surface area contributed by atoms with Gasteiger partial charge in [-0.1, -0.05) is 87.2 Å². The van der Waals surface area contributed by atoms with E-state index in [9.17, 15) is 0 Å². The Morgan fingerprint density at radius 1 is 0.707 bits per heavy atom. The molecule has 1 fully saturated rings. The number of pyridine rings is 2. The Morgan fingerprint density at radius 2 is 1.27 bits per heavy atom. The fourth-order valence-electron chi connectivity index (χ4n) is 6.38. The number of nitrogens with one attached hydrogen (secondary N) is 2. The number of aryl methyl sites for hydroxylation is 2. The number of hydrogen-bond acceptors (Lipinski definition) is 2. The summed E-state index contributed by atoms with van der Waals surface area (Å²) in [6, 6.07) is 17.0. The molecule has 6 aromatic rings. The second kappa shape index (κ2) is 12.8. The molecule has 0 bridgehead atoms. The van der Waals surface area contributed by atoms with Crippen LogP contribution in [0, 0.1) is 5.92 Å². The number of hydrogen-bond donors (Lipinski definition) is 2. The van der Waals surface area contributed by atoms with Crippen molar-refractivity contribution in [2.45, 2.75) is 77.6 Å². The molecule has 212 valence electrons. The summed E-state index contributed by atoms with van der Waals surface area (Å²) in [5, 5.41) is 6.02. The third-order valence-corrected chi connectivity index (χ3v) is 9.28. The summed E-state index contributed by atoms with van der Waals surface area (Å²) >= 11 is 12.7. The Hall–Kier alpha value is -3.08. The summed E-state index contributed by atoms with van der Waals surface area (Å²) in [5.74, 6) is 0.928. The summed E-state index contributed by atoms with van der Waals surface area (Å²) in [6.07, 6.45) is 18.0. The molecule has 7 rings (SSSR count). The highest BCUT2D eigenvalue weighted by molar-refractivity contribution is 6.38. The molecular weight excluding hydrogens is 547 g/mol. The van der Waals surface area contributed by atoms with Crippen molar-refractivity contribution in [2.24, 2.45) is 5.92 Å². The summed E-state index contributed by atoms with van der Waals surface area (Å²) < 4.78 is 0. The quantitative estimate of drug-likeness (QED) is 0.183. The predicted molar refractivity (Wildman–Crippen MR) is 175 cm³/mol. The van der Waals surface area contributed by atoms with Gasteiger partial charge in [-0.3, -0.25) is 0 Å². The topological polar surface area (TPSA) is 57.4 Å². The molecule has 41 heavy (non-hydrogen) atoms. The smallest absolute Gasteiger partial charge is 0.139 e. The van der Waals surface area contributed by atoms with Gasteiger partial charge in [-0.25, -0.2) is 9.97 Å². The molecule has 4 heterocycles. The molecule has 0 unspecified atom stereocenters. The minimum Gasteiger partial charge on any atom is -0.339 e. The van der Waals surface area contributed by atoms with Gasteiger partial charge in [0.25, 0.3) is 0 Å². The number of halogens is 2. The van der Waals surface area contributed by atoms with E-state index in [1.165, 1.54) is 86.1 Å². The van der Waals surface area contributed by atoms with Crippen LogP contribution in [0.3, 0.4) is 0 Å². The molecule has 1 aliphatic rings. The number of aromatic amines is 2. The van der Waals surface area contributed by atoms with E-state index >= 15 is 0 Å². The van der Waals surface area contributed by atoms with Crippen molar-refractivity contribution >= 4 is 67.1 Å². The van der Waals surface area contributed by atoms with Gasteiger partial charge in [-0.05, 0) is 79.1 Å². The molecule has 0 amide bonds. The monoisotopic (exact) mass is 584 g/mol. The number of H-pyrrole nitrogens is 2. The molecule has 4 nitrogen and oxygen atoms in total. The van der Waals surface area contributed by atoms with Gasteiger partial charge in [0, 0.05) is 45.0 Å². The molecule has 1 aliphatic carbocycles. The highest BCUT2D eigenvalue weighted by atomic mass is 35.5. The molecule has 0 aliphatic heterocycles. The summed E-state index contributed by atoms with van der Waals surface area (Å²) in [7, 11) is 0. The fraction of sp³-hybridized carbons (Fsp3) is 0.371. The van der Waals surface area contributed by atoms with Crippen molar-refractivity contribution < 1.29 is 0 Å². The zero-order valence-corrected chi connectivity index (χ0v) is 25.3. The van der Waals surface area contributed by atoms with Gasteiger partial charge < -0.3 is 9.97 Å². The second-order valence-corrected chi connectivity index (χ2v) is 12.4. The number of nitrogens with zero attached hydrogens (tertiary/aromatic N) is 2. The molecule has 2 aromatic carbocycles. The van der Waals surface area contributed by atoms with E-state index in [0.29, 0.717) is 0 Å². The zero-order chi connectivity index (χ0) is 28.2. The van der Waals surface area contributed by atoms with Crippen LogP contribution in [0.4, 0.5) is 0 Å². The third kappa shape index (κ3) is 6.24. The van der Waals surface area contributed by atoms with Crippen LogP contribution in [0.5, 0.6) is 0 Å². The van der Waals surface area contributed by atoms with E-state index in [1.54, 1.807) is 12.4 Å². The Morgan fingerprint density at radius 3 is 1.83 bits per heavy atom. The lowest BCUT2D eigenvalue weighted by atomic mass is 9.85. The zero-order valence-electron chi connectivity index (χ0n) is 23.8. The van der Waals surface area contributed by atoms with Crippen LogP contribution >= 0.6 is 23.2 Å². The number of benzene rings is 2. The Bertz CT molecular complexity index is 1780. The van der Waals surface area contributed by atoms with E-state index in [1.807, 2.05) is 12.1 Å². The highest BCUT2D eigenvalue weighted by Crippen LogP contribution is 2.33. The summed E-state index contributed by atoms with van der Waals surface area (Å²) in [6.45, 7) is 2.23. The highest BCUT2D eigenvalue weighted by Gasteiger charge is 2.14. The van der Waals surface area contributed by atoms with E-state index in [0.717, 1.165) is 55.5 Å². The third-order valence-electron chi connectivity index (χ3n) is 8.65. The Kier molecular flexibility index (Phi) is 8.78.